The highest BCUT2D eigenvalue weighted by Crippen LogP contribution is 2.24. The van der Waals surface area contributed by atoms with Crippen LogP contribution in [-0.2, 0) is 10.8 Å². The molecule has 1 unspecified atom stereocenters. The van der Waals surface area contributed by atoms with Gasteiger partial charge in [-0.15, -0.1) is 0 Å². The predicted octanol–water partition coefficient (Wildman–Crippen LogP) is 1.48. The molecule has 3 nitrogen and oxygen atoms in total. The molecule has 72 valence electrons. The van der Waals surface area contributed by atoms with E-state index in [2.05, 4.69) is 0 Å². The van der Waals surface area contributed by atoms with E-state index in [-0.39, 0.29) is 0 Å². The topological polar surface area (TPSA) is 47.3 Å². The first-order chi connectivity index (χ1) is 6.68. The van der Waals surface area contributed by atoms with Crippen molar-refractivity contribution < 1.29 is 8.63 Å². The van der Waals surface area contributed by atoms with Crippen molar-refractivity contribution in [1.29, 1.82) is 0 Å². The molecule has 1 aliphatic carbocycles. The Hall–Kier alpha value is -1.42. The van der Waals surface area contributed by atoms with E-state index >= 15 is 0 Å². The molecule has 0 spiro atoms. The molecular formula is C10H8O3S. The van der Waals surface area contributed by atoms with Crippen molar-refractivity contribution >= 4 is 10.8 Å². The lowest BCUT2D eigenvalue weighted by atomic mass is 10.2. The first kappa shape index (κ1) is 9.15. The number of furan rings is 1. The molecular weight excluding hydrogens is 200 g/mol. The molecule has 2 rings (SSSR count). The lowest BCUT2D eigenvalue weighted by molar-refractivity contribution is 0.544. The van der Waals surface area contributed by atoms with Gasteiger partial charge in [0.2, 0.25) is 0 Å². The molecule has 4 heteroatoms. The van der Waals surface area contributed by atoms with E-state index in [1.54, 1.807) is 30.5 Å². The van der Waals surface area contributed by atoms with Crippen LogP contribution in [0, 0.1) is 0 Å². The first-order valence-corrected chi connectivity index (χ1v) is 5.60. The summed E-state index contributed by atoms with van der Waals surface area (Å²) in [6, 6.07) is 8.31. The average molecular weight is 208 g/mol. The lowest BCUT2D eigenvalue weighted by Gasteiger charge is -1.95. The Bertz CT molecular complexity index is 515. The number of fused-ring (bicyclic) bond motifs is 1. The summed E-state index contributed by atoms with van der Waals surface area (Å²) in [6.45, 7) is 0. The largest absolute Gasteiger partial charge is 0.423 e. The Kier molecular flexibility index (Phi) is 2.21. The molecule has 14 heavy (non-hydrogen) atoms. The van der Waals surface area contributed by atoms with Crippen LogP contribution < -0.4 is 5.63 Å². The fourth-order valence-corrected chi connectivity index (χ4v) is 2.06. The van der Waals surface area contributed by atoms with Gasteiger partial charge in [-0.25, -0.2) is 4.79 Å². The van der Waals surface area contributed by atoms with Gasteiger partial charge in [0.15, 0.2) is 0 Å². The van der Waals surface area contributed by atoms with Gasteiger partial charge >= 0.3 is 5.63 Å². The molecule has 1 atom stereocenters. The Morgan fingerprint density at radius 3 is 2.71 bits per heavy atom. The Labute approximate surface area is 83.2 Å². The van der Waals surface area contributed by atoms with E-state index in [0.29, 0.717) is 16.2 Å². The van der Waals surface area contributed by atoms with Crippen LogP contribution in [0.2, 0.25) is 0 Å². The van der Waals surface area contributed by atoms with Crippen LogP contribution in [-0.4, -0.2) is 10.5 Å². The lowest BCUT2D eigenvalue weighted by Crippen LogP contribution is -1.88. The minimum absolute atomic E-state index is 0.405. The molecule has 0 fully saturated rings. The number of hydrogen-bond acceptors (Lipinski definition) is 3. The smallest absolute Gasteiger partial charge is 0.336 e. The summed E-state index contributed by atoms with van der Waals surface area (Å²) in [4.78, 5) is 11.6. The fourth-order valence-electron chi connectivity index (χ4n) is 1.32. The summed E-state index contributed by atoms with van der Waals surface area (Å²) in [5, 5.41) is 0. The Morgan fingerprint density at radius 2 is 2.00 bits per heavy atom. The van der Waals surface area contributed by atoms with Gasteiger partial charge in [0.25, 0.3) is 0 Å². The van der Waals surface area contributed by atoms with Crippen molar-refractivity contribution in [3.05, 3.63) is 40.8 Å². The third-order valence-electron chi connectivity index (χ3n) is 1.92. The maximum atomic E-state index is 11.4. The minimum atomic E-state index is -1.12. The predicted molar refractivity (Wildman–Crippen MR) is 53.9 cm³/mol. The molecule has 1 heterocycles. The first-order valence-electron chi connectivity index (χ1n) is 4.05. The summed E-state index contributed by atoms with van der Waals surface area (Å²) in [5.74, 6) is 0.477. The van der Waals surface area contributed by atoms with Gasteiger partial charge in [0.1, 0.15) is 5.76 Å². The van der Waals surface area contributed by atoms with E-state index < -0.39 is 16.4 Å². The van der Waals surface area contributed by atoms with Crippen LogP contribution >= 0.6 is 0 Å². The highest BCUT2D eigenvalue weighted by molar-refractivity contribution is 7.84. The zero-order chi connectivity index (χ0) is 10.1. The van der Waals surface area contributed by atoms with Gasteiger partial charge in [-0.1, -0.05) is 12.1 Å². The summed E-state index contributed by atoms with van der Waals surface area (Å²) in [5.41, 5.74) is 0.221. The zero-order valence-electron chi connectivity index (χ0n) is 7.52. The second-order valence-electron chi connectivity index (χ2n) is 2.88. The highest BCUT2D eigenvalue weighted by Gasteiger charge is 2.13. The highest BCUT2D eigenvalue weighted by atomic mass is 32.2. The molecule has 0 radical (unpaired) electrons. The molecule has 0 aromatic carbocycles. The van der Waals surface area contributed by atoms with Crippen LogP contribution in [0.25, 0.3) is 11.3 Å². The Balaban J connectivity index is 2.83. The van der Waals surface area contributed by atoms with Crippen molar-refractivity contribution in [2.24, 2.45) is 0 Å². The van der Waals surface area contributed by atoms with Gasteiger partial charge in [-0.05, 0) is 12.1 Å². The Morgan fingerprint density at radius 1 is 1.29 bits per heavy atom. The van der Waals surface area contributed by atoms with Crippen LogP contribution in [0.3, 0.4) is 0 Å². The van der Waals surface area contributed by atoms with Crippen LogP contribution in [0.4, 0.5) is 0 Å². The van der Waals surface area contributed by atoms with E-state index in [1.165, 1.54) is 6.07 Å². The summed E-state index contributed by atoms with van der Waals surface area (Å²) in [7, 11) is -1.12. The van der Waals surface area contributed by atoms with E-state index in [0.717, 1.165) is 0 Å². The van der Waals surface area contributed by atoms with Gasteiger partial charge in [0, 0.05) is 22.8 Å². The molecule has 0 aromatic rings. The van der Waals surface area contributed by atoms with Gasteiger partial charge < -0.3 is 4.42 Å². The van der Waals surface area contributed by atoms with E-state index in [1.807, 2.05) is 0 Å². The molecule has 1 aliphatic heterocycles. The minimum Gasteiger partial charge on any atom is -0.423 e. The van der Waals surface area contributed by atoms with Crippen LogP contribution in [0.15, 0.2) is 44.4 Å². The van der Waals surface area contributed by atoms with Gasteiger partial charge in [-0.2, -0.15) is 0 Å². The molecule has 2 aliphatic rings. The molecule has 0 saturated carbocycles. The normalized spacial score (nSPS) is 12.9. The van der Waals surface area contributed by atoms with E-state index in [4.69, 9.17) is 4.42 Å². The molecule has 0 aromatic heterocycles. The summed E-state index contributed by atoms with van der Waals surface area (Å²) in [6.07, 6.45) is 1.58. The maximum absolute atomic E-state index is 11.4. The van der Waals surface area contributed by atoms with Crippen molar-refractivity contribution in [2.75, 3.05) is 6.26 Å². The van der Waals surface area contributed by atoms with Gasteiger partial charge in [0.05, 0.1) is 10.8 Å². The second kappa shape index (κ2) is 3.38. The molecule has 0 N–H and O–H groups in total. The van der Waals surface area contributed by atoms with Gasteiger partial charge in [-0.3, -0.25) is 4.21 Å². The fraction of sp³-hybridized carbons (Fsp3) is 0.100. The van der Waals surface area contributed by atoms with Crippen LogP contribution in [0.1, 0.15) is 0 Å². The second-order valence-corrected chi connectivity index (χ2v) is 4.23. The standard InChI is InChI=1S/C10H8O3S/c1-14(12)9-5-3-2-4-8-7(9)6-10(11)13-8/h2-6H,1H3. The third kappa shape index (κ3) is 1.48. The third-order valence-corrected chi connectivity index (χ3v) is 2.90. The molecule has 0 bridgehead atoms. The summed E-state index contributed by atoms with van der Waals surface area (Å²) >= 11 is 0. The van der Waals surface area contributed by atoms with Crippen molar-refractivity contribution in [1.82, 2.24) is 0 Å². The molecule has 0 amide bonds. The average Bonchev–Trinajstić information content (AvgIpc) is 2.35. The monoisotopic (exact) mass is 208 g/mol. The summed E-state index contributed by atoms with van der Waals surface area (Å²) < 4.78 is 16.3. The number of hydrogen-bond donors (Lipinski definition) is 0. The SMILES string of the molecule is CS(=O)c1ccccc2oc(=O)cc1-2. The van der Waals surface area contributed by atoms with Crippen LogP contribution in [0.5, 0.6) is 0 Å². The number of rotatable bonds is 1. The molecule has 0 saturated heterocycles. The quantitative estimate of drug-likeness (QED) is 0.713. The van der Waals surface area contributed by atoms with E-state index in [9.17, 15) is 9.00 Å². The van der Waals surface area contributed by atoms with Crippen molar-refractivity contribution in [2.45, 2.75) is 4.90 Å². The zero-order valence-corrected chi connectivity index (χ0v) is 8.34. The van der Waals surface area contributed by atoms with Crippen molar-refractivity contribution in [3.8, 4) is 11.3 Å². The maximum Gasteiger partial charge on any atom is 0.336 e. The van der Waals surface area contributed by atoms with Crippen molar-refractivity contribution in [3.63, 3.8) is 0 Å².